The first-order chi connectivity index (χ1) is 5.10. The lowest BCUT2D eigenvalue weighted by Gasteiger charge is -2.27. The van der Waals surface area contributed by atoms with Crippen molar-refractivity contribution >= 4 is 21.7 Å². The summed E-state index contributed by atoms with van der Waals surface area (Å²) >= 11 is 3.27. The Kier molecular flexibility index (Phi) is 2.34. The molecule has 0 aromatic heterocycles. The summed E-state index contributed by atoms with van der Waals surface area (Å²) in [4.78, 5) is 11.3. The molecule has 0 saturated heterocycles. The number of nitrogens with zero attached hydrogens (tertiary/aromatic N) is 1. The predicted molar refractivity (Wildman–Crippen MR) is 45.3 cm³/mol. The summed E-state index contributed by atoms with van der Waals surface area (Å²) in [7, 11) is 0. The van der Waals surface area contributed by atoms with Crippen LogP contribution in [0.3, 0.4) is 0 Å². The maximum absolute atomic E-state index is 11.4. The molecule has 0 bridgehead atoms. The van der Waals surface area contributed by atoms with Gasteiger partial charge in [-0.15, -0.1) is 0 Å². The molecule has 60 valence electrons. The zero-order chi connectivity index (χ0) is 8.48. The molecule has 0 N–H and O–H groups in total. The second-order valence-corrected chi connectivity index (χ2v) is 4.27. The lowest BCUT2D eigenvalue weighted by atomic mass is 9.76. The van der Waals surface area contributed by atoms with E-state index < -0.39 is 5.41 Å². The number of rotatable bonds is 0. The highest BCUT2D eigenvalue weighted by molar-refractivity contribution is 9.10. The number of nitriles is 1. The lowest BCUT2D eigenvalue weighted by molar-refractivity contribution is -0.126. The first kappa shape index (κ1) is 8.73. The van der Waals surface area contributed by atoms with Crippen molar-refractivity contribution in [3.05, 3.63) is 0 Å². The second kappa shape index (κ2) is 2.94. The van der Waals surface area contributed by atoms with E-state index in [0.29, 0.717) is 6.42 Å². The zero-order valence-electron chi connectivity index (χ0n) is 6.43. The molecule has 11 heavy (non-hydrogen) atoms. The minimum atomic E-state index is -0.730. The van der Waals surface area contributed by atoms with Gasteiger partial charge in [-0.25, -0.2) is 0 Å². The van der Waals surface area contributed by atoms with Crippen molar-refractivity contribution in [2.45, 2.75) is 31.0 Å². The van der Waals surface area contributed by atoms with E-state index in [4.69, 9.17) is 5.26 Å². The number of alkyl halides is 1. The molecule has 1 aliphatic rings. The molecule has 0 heterocycles. The number of halogens is 1. The second-order valence-electron chi connectivity index (χ2n) is 3.17. The Balaban J connectivity index is 2.83. The number of Topliss-reactive ketones (excluding diaryl/α,β-unsaturated/α-hetero) is 1. The van der Waals surface area contributed by atoms with Crippen molar-refractivity contribution in [1.29, 1.82) is 5.26 Å². The average Bonchev–Trinajstić information content (AvgIpc) is 2.00. The molecule has 3 heteroatoms. The van der Waals surface area contributed by atoms with Gasteiger partial charge in [-0.2, -0.15) is 5.26 Å². The molecule has 0 aromatic rings. The number of ketones is 1. The topological polar surface area (TPSA) is 40.9 Å². The third-order valence-electron chi connectivity index (χ3n) is 2.21. The van der Waals surface area contributed by atoms with Crippen LogP contribution >= 0.6 is 15.9 Å². The number of hydrogen-bond acceptors (Lipinski definition) is 2. The molecular formula is C8H10BrNO. The Morgan fingerprint density at radius 3 is 2.91 bits per heavy atom. The first-order valence-corrected chi connectivity index (χ1v) is 4.61. The molecular weight excluding hydrogens is 206 g/mol. The normalized spacial score (nSPS) is 38.3. The van der Waals surface area contributed by atoms with E-state index in [2.05, 4.69) is 22.0 Å². The Hall–Kier alpha value is -0.360. The van der Waals surface area contributed by atoms with Crippen LogP contribution in [0.1, 0.15) is 26.2 Å². The highest BCUT2D eigenvalue weighted by atomic mass is 79.9. The molecule has 0 aromatic carbocycles. The minimum absolute atomic E-state index is 0.0475. The largest absolute Gasteiger partial charge is 0.297 e. The van der Waals surface area contributed by atoms with E-state index in [0.717, 1.165) is 12.8 Å². The van der Waals surface area contributed by atoms with Crippen LogP contribution in [0.25, 0.3) is 0 Å². The fourth-order valence-electron chi connectivity index (χ4n) is 1.35. The van der Waals surface area contributed by atoms with Crippen LogP contribution in [0.4, 0.5) is 0 Å². The molecule has 0 amide bonds. The van der Waals surface area contributed by atoms with Crippen LogP contribution < -0.4 is 0 Å². The summed E-state index contributed by atoms with van der Waals surface area (Å²) in [5.41, 5.74) is -0.730. The number of carbonyl (C=O) groups excluding carboxylic acids is 1. The fourth-order valence-corrected chi connectivity index (χ4v) is 2.17. The van der Waals surface area contributed by atoms with Gasteiger partial charge in [0.25, 0.3) is 0 Å². The standard InChI is InChI=1S/C8H10BrNO/c1-8(5-10)4-2-3-6(9)7(8)11/h6H,2-4H2,1H3. The fraction of sp³-hybridized carbons (Fsp3) is 0.750. The summed E-state index contributed by atoms with van der Waals surface area (Å²) in [5.74, 6) is 0.0475. The van der Waals surface area contributed by atoms with Gasteiger partial charge in [0.1, 0.15) is 5.41 Å². The molecule has 1 fully saturated rings. The summed E-state index contributed by atoms with van der Waals surface area (Å²) in [6.07, 6.45) is 2.55. The summed E-state index contributed by atoms with van der Waals surface area (Å²) < 4.78 is 0. The maximum Gasteiger partial charge on any atom is 0.166 e. The zero-order valence-corrected chi connectivity index (χ0v) is 8.02. The molecule has 0 spiro atoms. The maximum atomic E-state index is 11.4. The Morgan fingerprint density at radius 2 is 2.45 bits per heavy atom. The van der Waals surface area contributed by atoms with Crippen molar-refractivity contribution in [3.63, 3.8) is 0 Å². The monoisotopic (exact) mass is 215 g/mol. The highest BCUT2D eigenvalue weighted by Gasteiger charge is 2.39. The average molecular weight is 216 g/mol. The van der Waals surface area contributed by atoms with E-state index in [9.17, 15) is 4.79 Å². The van der Waals surface area contributed by atoms with Gasteiger partial charge < -0.3 is 0 Å². The van der Waals surface area contributed by atoms with E-state index in [1.54, 1.807) is 6.92 Å². The van der Waals surface area contributed by atoms with Crippen molar-refractivity contribution in [1.82, 2.24) is 0 Å². The molecule has 1 aliphatic carbocycles. The Bertz CT molecular complexity index is 221. The number of hydrogen-bond donors (Lipinski definition) is 0. The quantitative estimate of drug-likeness (QED) is 0.581. The van der Waals surface area contributed by atoms with E-state index >= 15 is 0 Å². The Morgan fingerprint density at radius 1 is 1.82 bits per heavy atom. The summed E-state index contributed by atoms with van der Waals surface area (Å²) in [6, 6.07) is 2.08. The lowest BCUT2D eigenvalue weighted by Crippen LogP contribution is -2.36. The van der Waals surface area contributed by atoms with Gasteiger partial charge in [0.05, 0.1) is 10.9 Å². The smallest absolute Gasteiger partial charge is 0.166 e. The van der Waals surface area contributed by atoms with Crippen molar-refractivity contribution in [2.75, 3.05) is 0 Å². The van der Waals surface area contributed by atoms with Crippen LogP contribution in [0, 0.1) is 16.7 Å². The highest BCUT2D eigenvalue weighted by Crippen LogP contribution is 2.34. The van der Waals surface area contributed by atoms with Gasteiger partial charge in [0.2, 0.25) is 0 Å². The van der Waals surface area contributed by atoms with Crippen LogP contribution in [0.2, 0.25) is 0 Å². The SMILES string of the molecule is CC1(C#N)CCCC(Br)C1=O. The molecule has 2 unspecified atom stereocenters. The molecule has 0 radical (unpaired) electrons. The Labute approximate surface area is 74.7 Å². The van der Waals surface area contributed by atoms with Crippen molar-refractivity contribution in [2.24, 2.45) is 5.41 Å². The van der Waals surface area contributed by atoms with Gasteiger partial charge in [0, 0.05) is 0 Å². The van der Waals surface area contributed by atoms with Crippen LogP contribution in [0.15, 0.2) is 0 Å². The predicted octanol–water partition coefficient (Wildman–Crippen LogP) is 2.03. The van der Waals surface area contributed by atoms with Gasteiger partial charge in [-0.3, -0.25) is 4.79 Å². The molecule has 2 atom stereocenters. The van der Waals surface area contributed by atoms with E-state index in [1.165, 1.54) is 0 Å². The van der Waals surface area contributed by atoms with Crippen molar-refractivity contribution < 1.29 is 4.79 Å². The van der Waals surface area contributed by atoms with Gasteiger partial charge >= 0.3 is 0 Å². The van der Waals surface area contributed by atoms with Crippen LogP contribution in [-0.4, -0.2) is 10.6 Å². The van der Waals surface area contributed by atoms with Crippen LogP contribution in [0.5, 0.6) is 0 Å². The van der Waals surface area contributed by atoms with Crippen molar-refractivity contribution in [3.8, 4) is 6.07 Å². The molecule has 1 rings (SSSR count). The molecule has 0 aliphatic heterocycles. The van der Waals surface area contributed by atoms with Gasteiger partial charge in [-0.05, 0) is 26.2 Å². The molecule has 1 saturated carbocycles. The summed E-state index contributed by atoms with van der Waals surface area (Å²) in [5, 5.41) is 8.75. The summed E-state index contributed by atoms with van der Waals surface area (Å²) in [6.45, 7) is 1.72. The van der Waals surface area contributed by atoms with Gasteiger partial charge in [0.15, 0.2) is 5.78 Å². The number of carbonyl (C=O) groups is 1. The van der Waals surface area contributed by atoms with E-state index in [1.807, 2.05) is 0 Å². The molecule has 2 nitrogen and oxygen atoms in total. The van der Waals surface area contributed by atoms with Gasteiger partial charge in [-0.1, -0.05) is 15.9 Å². The van der Waals surface area contributed by atoms with Crippen LogP contribution in [-0.2, 0) is 4.79 Å². The van der Waals surface area contributed by atoms with E-state index in [-0.39, 0.29) is 10.6 Å². The third-order valence-corrected chi connectivity index (χ3v) is 3.08. The first-order valence-electron chi connectivity index (χ1n) is 3.70. The third kappa shape index (κ3) is 1.46. The minimum Gasteiger partial charge on any atom is -0.297 e.